The molecule has 1 aromatic rings. The van der Waals surface area contributed by atoms with E-state index in [0.717, 1.165) is 37.8 Å². The van der Waals surface area contributed by atoms with Gasteiger partial charge in [-0.25, -0.2) is 0 Å². The zero-order valence-electron chi connectivity index (χ0n) is 10.9. The highest BCUT2D eigenvalue weighted by atomic mass is 16.1. The van der Waals surface area contributed by atoms with E-state index in [1.807, 2.05) is 30.3 Å². The van der Waals surface area contributed by atoms with Crippen molar-refractivity contribution < 1.29 is 4.79 Å². The van der Waals surface area contributed by atoms with Crippen LogP contribution in [0.25, 0.3) is 0 Å². The summed E-state index contributed by atoms with van der Waals surface area (Å²) in [6.45, 7) is 4.30. The average Bonchev–Trinajstić information content (AvgIpc) is 2.35. The molecule has 0 aliphatic carbocycles. The maximum absolute atomic E-state index is 12.1. The number of para-hydroxylation sites is 1. The number of carbonyl (C=O) groups is 1. The van der Waals surface area contributed by atoms with Crippen LogP contribution in [0.1, 0.15) is 46.0 Å². The minimum atomic E-state index is 0.167. The molecule has 0 radical (unpaired) electrons. The number of nitrogens with one attached hydrogen (secondary N) is 1. The normalized spacial score (nSPS) is 12.1. The van der Waals surface area contributed by atoms with E-state index in [9.17, 15) is 4.79 Å². The third-order valence-corrected chi connectivity index (χ3v) is 2.96. The highest BCUT2D eigenvalue weighted by Gasteiger charge is 2.16. The SMILES string of the molecule is CCCCC(CCC)C(=O)Nc1ccccc1. The van der Waals surface area contributed by atoms with Crippen molar-refractivity contribution in [1.82, 2.24) is 0 Å². The molecule has 0 spiro atoms. The van der Waals surface area contributed by atoms with Gasteiger partial charge in [-0.3, -0.25) is 4.79 Å². The molecule has 0 aliphatic rings. The van der Waals surface area contributed by atoms with Crippen LogP contribution in [0.3, 0.4) is 0 Å². The first-order valence-corrected chi connectivity index (χ1v) is 6.63. The molecule has 0 bridgehead atoms. The van der Waals surface area contributed by atoms with E-state index in [2.05, 4.69) is 19.2 Å². The first kappa shape index (κ1) is 13.8. The number of anilines is 1. The Morgan fingerprint density at radius 2 is 1.82 bits per heavy atom. The summed E-state index contributed by atoms with van der Waals surface area (Å²) in [6.07, 6.45) is 5.34. The van der Waals surface area contributed by atoms with Crippen LogP contribution < -0.4 is 5.32 Å². The molecule has 17 heavy (non-hydrogen) atoms. The van der Waals surface area contributed by atoms with Gasteiger partial charge in [-0.05, 0) is 25.0 Å². The molecule has 0 saturated heterocycles. The maximum atomic E-state index is 12.1. The van der Waals surface area contributed by atoms with Crippen LogP contribution in [0, 0.1) is 5.92 Å². The van der Waals surface area contributed by atoms with Crippen molar-refractivity contribution >= 4 is 11.6 Å². The van der Waals surface area contributed by atoms with Crippen LogP contribution in [0.4, 0.5) is 5.69 Å². The molecular formula is C15H23NO. The number of benzene rings is 1. The highest BCUT2D eigenvalue weighted by Crippen LogP contribution is 2.17. The van der Waals surface area contributed by atoms with Crippen LogP contribution in [0.15, 0.2) is 30.3 Å². The van der Waals surface area contributed by atoms with Gasteiger partial charge in [0.1, 0.15) is 0 Å². The largest absolute Gasteiger partial charge is 0.326 e. The summed E-state index contributed by atoms with van der Waals surface area (Å²) in [5.41, 5.74) is 0.898. The molecular weight excluding hydrogens is 210 g/mol. The fourth-order valence-corrected chi connectivity index (χ4v) is 1.97. The van der Waals surface area contributed by atoms with Crippen LogP contribution in [-0.4, -0.2) is 5.91 Å². The first-order valence-electron chi connectivity index (χ1n) is 6.63. The molecule has 1 rings (SSSR count). The number of carbonyl (C=O) groups excluding carboxylic acids is 1. The van der Waals surface area contributed by atoms with Crippen molar-refractivity contribution in [3.05, 3.63) is 30.3 Å². The maximum Gasteiger partial charge on any atom is 0.227 e. The number of amides is 1. The summed E-state index contributed by atoms with van der Waals surface area (Å²) in [5.74, 6) is 0.339. The van der Waals surface area contributed by atoms with Crippen molar-refractivity contribution in [2.75, 3.05) is 5.32 Å². The second kappa shape index (κ2) is 7.88. The lowest BCUT2D eigenvalue weighted by Gasteiger charge is -2.15. The first-order chi connectivity index (χ1) is 8.27. The van der Waals surface area contributed by atoms with Crippen LogP contribution >= 0.6 is 0 Å². The lowest BCUT2D eigenvalue weighted by atomic mass is 9.96. The Kier molecular flexibility index (Phi) is 6.38. The summed E-state index contributed by atoms with van der Waals surface area (Å²) in [7, 11) is 0. The molecule has 94 valence electrons. The summed E-state index contributed by atoms with van der Waals surface area (Å²) < 4.78 is 0. The quantitative estimate of drug-likeness (QED) is 0.750. The second-order valence-corrected chi connectivity index (χ2v) is 4.48. The second-order valence-electron chi connectivity index (χ2n) is 4.48. The molecule has 1 aromatic carbocycles. The molecule has 1 N–H and O–H groups in total. The molecule has 0 heterocycles. The van der Waals surface area contributed by atoms with Gasteiger partial charge in [0.15, 0.2) is 0 Å². The molecule has 1 unspecified atom stereocenters. The van der Waals surface area contributed by atoms with Crippen molar-refractivity contribution in [2.24, 2.45) is 5.92 Å². The predicted molar refractivity (Wildman–Crippen MR) is 73.0 cm³/mol. The molecule has 1 atom stereocenters. The third-order valence-electron chi connectivity index (χ3n) is 2.96. The van der Waals surface area contributed by atoms with Gasteiger partial charge < -0.3 is 5.32 Å². The van der Waals surface area contributed by atoms with Crippen molar-refractivity contribution in [2.45, 2.75) is 46.0 Å². The van der Waals surface area contributed by atoms with E-state index >= 15 is 0 Å². The van der Waals surface area contributed by atoms with Crippen molar-refractivity contribution in [3.63, 3.8) is 0 Å². The van der Waals surface area contributed by atoms with Crippen LogP contribution in [0.5, 0.6) is 0 Å². The highest BCUT2D eigenvalue weighted by molar-refractivity contribution is 5.92. The number of unbranched alkanes of at least 4 members (excludes halogenated alkanes) is 1. The molecule has 0 saturated carbocycles. The van der Waals surface area contributed by atoms with Gasteiger partial charge in [0.2, 0.25) is 5.91 Å². The Morgan fingerprint density at radius 3 is 2.41 bits per heavy atom. The Labute approximate surface area is 104 Å². The molecule has 2 nitrogen and oxygen atoms in total. The molecule has 2 heteroatoms. The van der Waals surface area contributed by atoms with E-state index in [-0.39, 0.29) is 11.8 Å². The van der Waals surface area contributed by atoms with Crippen LogP contribution in [-0.2, 0) is 4.79 Å². The monoisotopic (exact) mass is 233 g/mol. The van der Waals surface area contributed by atoms with Gasteiger partial charge in [0.05, 0.1) is 0 Å². The lowest BCUT2D eigenvalue weighted by molar-refractivity contribution is -0.120. The fourth-order valence-electron chi connectivity index (χ4n) is 1.97. The van der Waals surface area contributed by atoms with Gasteiger partial charge in [0.25, 0.3) is 0 Å². The van der Waals surface area contributed by atoms with E-state index in [1.54, 1.807) is 0 Å². The smallest absolute Gasteiger partial charge is 0.227 e. The summed E-state index contributed by atoms with van der Waals surface area (Å²) in [5, 5.41) is 3.00. The van der Waals surface area contributed by atoms with Crippen molar-refractivity contribution in [1.29, 1.82) is 0 Å². The van der Waals surface area contributed by atoms with E-state index < -0.39 is 0 Å². The molecule has 0 aromatic heterocycles. The Balaban J connectivity index is 2.52. The van der Waals surface area contributed by atoms with Gasteiger partial charge in [-0.15, -0.1) is 0 Å². The van der Waals surface area contributed by atoms with Crippen LogP contribution in [0.2, 0.25) is 0 Å². The predicted octanol–water partition coefficient (Wildman–Crippen LogP) is 4.23. The minimum absolute atomic E-state index is 0.167. The minimum Gasteiger partial charge on any atom is -0.326 e. The van der Waals surface area contributed by atoms with E-state index in [1.165, 1.54) is 0 Å². The van der Waals surface area contributed by atoms with Gasteiger partial charge in [0, 0.05) is 11.6 Å². The lowest BCUT2D eigenvalue weighted by Crippen LogP contribution is -2.22. The molecule has 0 aliphatic heterocycles. The number of rotatable bonds is 7. The number of hydrogen-bond acceptors (Lipinski definition) is 1. The fraction of sp³-hybridized carbons (Fsp3) is 0.533. The summed E-state index contributed by atoms with van der Waals surface area (Å²) >= 11 is 0. The standard InChI is InChI=1S/C15H23NO/c1-3-5-10-13(9-4-2)15(17)16-14-11-7-6-8-12-14/h6-8,11-13H,3-5,9-10H2,1-2H3,(H,16,17). The Morgan fingerprint density at radius 1 is 1.12 bits per heavy atom. The average molecular weight is 233 g/mol. The Bertz CT molecular complexity index is 321. The van der Waals surface area contributed by atoms with Gasteiger partial charge >= 0.3 is 0 Å². The Hall–Kier alpha value is -1.31. The van der Waals surface area contributed by atoms with E-state index in [0.29, 0.717) is 0 Å². The number of hydrogen-bond donors (Lipinski definition) is 1. The van der Waals surface area contributed by atoms with Gasteiger partial charge in [-0.1, -0.05) is 51.3 Å². The zero-order valence-corrected chi connectivity index (χ0v) is 10.9. The summed E-state index contributed by atoms with van der Waals surface area (Å²) in [6, 6.07) is 9.70. The molecule has 1 amide bonds. The summed E-state index contributed by atoms with van der Waals surface area (Å²) in [4.78, 5) is 12.1. The third kappa shape index (κ3) is 5.03. The van der Waals surface area contributed by atoms with E-state index in [4.69, 9.17) is 0 Å². The molecule has 0 fully saturated rings. The van der Waals surface area contributed by atoms with Crippen molar-refractivity contribution in [3.8, 4) is 0 Å². The zero-order chi connectivity index (χ0) is 12.5. The topological polar surface area (TPSA) is 29.1 Å². The van der Waals surface area contributed by atoms with Gasteiger partial charge in [-0.2, -0.15) is 0 Å².